The normalized spacial score (nSPS) is 10.6. The van der Waals surface area contributed by atoms with Gasteiger partial charge in [0.05, 0.1) is 12.4 Å². The first kappa shape index (κ1) is 11.3. The highest BCUT2D eigenvalue weighted by molar-refractivity contribution is 14.1. The van der Waals surface area contributed by atoms with Crippen molar-refractivity contribution < 1.29 is 0 Å². The van der Waals surface area contributed by atoms with Gasteiger partial charge in [0.15, 0.2) is 0 Å². The van der Waals surface area contributed by atoms with Gasteiger partial charge < -0.3 is 0 Å². The second kappa shape index (κ2) is 4.77. The van der Waals surface area contributed by atoms with E-state index in [-0.39, 0.29) is 5.56 Å². The largest absolute Gasteiger partial charge is 0.276 e. The second-order valence-corrected chi connectivity index (χ2v) is 4.75. The molecule has 2 heterocycles. The van der Waals surface area contributed by atoms with Gasteiger partial charge in [-0.15, -0.1) is 0 Å². The van der Waals surface area contributed by atoms with E-state index in [1.54, 1.807) is 23.1 Å². The van der Waals surface area contributed by atoms with Crippen LogP contribution < -0.4 is 5.56 Å². The lowest BCUT2D eigenvalue weighted by molar-refractivity contribution is 0.576. The summed E-state index contributed by atoms with van der Waals surface area (Å²) < 4.78 is 4.08. The van der Waals surface area contributed by atoms with Gasteiger partial charge in [-0.05, 0) is 34.6 Å². The van der Waals surface area contributed by atoms with Crippen molar-refractivity contribution in [1.29, 1.82) is 0 Å². The van der Waals surface area contributed by atoms with Crippen LogP contribution in [0.5, 0.6) is 0 Å². The average molecular weight is 330 g/mol. The summed E-state index contributed by atoms with van der Waals surface area (Å²) in [5, 5.41) is 8.14. The molecule has 0 unspecified atom stereocenters. The number of rotatable bonds is 3. The quantitative estimate of drug-likeness (QED) is 0.783. The molecule has 0 aliphatic heterocycles. The van der Waals surface area contributed by atoms with Crippen molar-refractivity contribution >= 4 is 22.6 Å². The molecule has 5 nitrogen and oxygen atoms in total. The van der Waals surface area contributed by atoms with Gasteiger partial charge in [0.2, 0.25) is 0 Å². The van der Waals surface area contributed by atoms with E-state index in [0.717, 1.165) is 15.6 Å². The van der Waals surface area contributed by atoms with Crippen LogP contribution in [0.15, 0.2) is 29.5 Å². The van der Waals surface area contributed by atoms with Crippen molar-refractivity contribution in [3.05, 3.63) is 44.1 Å². The molecule has 2 aromatic heterocycles. The van der Waals surface area contributed by atoms with Crippen molar-refractivity contribution in [3.8, 4) is 0 Å². The third kappa shape index (κ3) is 2.69. The molecule has 16 heavy (non-hydrogen) atoms. The van der Waals surface area contributed by atoms with Crippen LogP contribution in [-0.4, -0.2) is 19.6 Å². The lowest BCUT2D eigenvalue weighted by Crippen LogP contribution is -2.23. The Morgan fingerprint density at radius 2 is 2.19 bits per heavy atom. The summed E-state index contributed by atoms with van der Waals surface area (Å²) in [5.74, 6) is 0. The van der Waals surface area contributed by atoms with Crippen molar-refractivity contribution in [2.24, 2.45) is 7.05 Å². The van der Waals surface area contributed by atoms with Crippen LogP contribution in [0.25, 0.3) is 0 Å². The average Bonchev–Trinajstić information content (AvgIpc) is 2.63. The fourth-order valence-electron chi connectivity index (χ4n) is 1.42. The fourth-order valence-corrected chi connectivity index (χ4v) is 1.81. The molecule has 0 spiro atoms. The Balaban J connectivity index is 2.07. The van der Waals surface area contributed by atoms with Crippen LogP contribution in [0.1, 0.15) is 5.56 Å². The minimum Gasteiger partial charge on any atom is -0.276 e. The van der Waals surface area contributed by atoms with Crippen molar-refractivity contribution in [2.75, 3.05) is 0 Å². The molecule has 0 atom stereocenters. The number of hydrogen-bond acceptors (Lipinski definition) is 3. The summed E-state index contributed by atoms with van der Waals surface area (Å²) in [6, 6.07) is 1.58. The van der Waals surface area contributed by atoms with Crippen LogP contribution in [-0.2, 0) is 20.0 Å². The summed E-state index contributed by atoms with van der Waals surface area (Å²) in [4.78, 5) is 11.5. The Morgan fingerprint density at radius 1 is 1.38 bits per heavy atom. The lowest BCUT2D eigenvalue weighted by Gasteiger charge is -2.02. The molecular weight excluding hydrogens is 319 g/mol. The first-order chi connectivity index (χ1) is 7.65. The Kier molecular flexibility index (Phi) is 3.37. The zero-order chi connectivity index (χ0) is 11.5. The minimum atomic E-state index is -0.0595. The van der Waals surface area contributed by atoms with Crippen molar-refractivity contribution in [2.45, 2.75) is 13.0 Å². The monoisotopic (exact) mass is 330 g/mol. The summed E-state index contributed by atoms with van der Waals surface area (Å²) in [7, 11) is 1.87. The van der Waals surface area contributed by atoms with Gasteiger partial charge in [0.1, 0.15) is 0 Å². The van der Waals surface area contributed by atoms with Gasteiger partial charge in [-0.2, -0.15) is 10.2 Å². The van der Waals surface area contributed by atoms with Gasteiger partial charge in [-0.1, -0.05) is 0 Å². The molecule has 0 radical (unpaired) electrons. The predicted octanol–water partition coefficient (Wildman–Crippen LogP) is 0.824. The maximum Gasteiger partial charge on any atom is 0.267 e. The number of hydrogen-bond donors (Lipinski definition) is 0. The number of halogens is 1. The van der Waals surface area contributed by atoms with Gasteiger partial charge in [0, 0.05) is 29.4 Å². The van der Waals surface area contributed by atoms with E-state index >= 15 is 0 Å². The van der Waals surface area contributed by atoms with Gasteiger partial charge in [-0.3, -0.25) is 9.48 Å². The highest BCUT2D eigenvalue weighted by atomic mass is 127. The maximum atomic E-state index is 11.5. The maximum absolute atomic E-state index is 11.5. The molecule has 0 aliphatic rings. The lowest BCUT2D eigenvalue weighted by atomic mass is 10.2. The Labute approximate surface area is 106 Å². The summed E-state index contributed by atoms with van der Waals surface area (Å²) in [5.41, 5.74) is 1.05. The van der Waals surface area contributed by atoms with E-state index in [0.29, 0.717) is 6.54 Å². The molecule has 84 valence electrons. The van der Waals surface area contributed by atoms with Gasteiger partial charge in [-0.25, -0.2) is 4.68 Å². The predicted molar refractivity (Wildman–Crippen MR) is 68.1 cm³/mol. The van der Waals surface area contributed by atoms with Gasteiger partial charge in [0.25, 0.3) is 5.56 Å². The second-order valence-electron chi connectivity index (χ2n) is 3.51. The van der Waals surface area contributed by atoms with E-state index in [4.69, 9.17) is 0 Å². The minimum absolute atomic E-state index is 0.0595. The molecule has 0 bridgehead atoms. The highest BCUT2D eigenvalue weighted by Gasteiger charge is 2.00. The topological polar surface area (TPSA) is 52.7 Å². The van der Waals surface area contributed by atoms with Crippen LogP contribution in [0.4, 0.5) is 0 Å². The molecule has 0 aliphatic carbocycles. The Bertz CT molecular complexity index is 546. The van der Waals surface area contributed by atoms with E-state index in [2.05, 4.69) is 32.8 Å². The highest BCUT2D eigenvalue weighted by Crippen LogP contribution is 1.99. The SMILES string of the molecule is Cn1cc(CCn2ncc(I)cc2=O)cn1. The van der Waals surface area contributed by atoms with E-state index < -0.39 is 0 Å². The molecule has 0 saturated heterocycles. The third-order valence-electron chi connectivity index (χ3n) is 2.21. The molecule has 0 saturated carbocycles. The van der Waals surface area contributed by atoms with Crippen LogP contribution >= 0.6 is 22.6 Å². The first-order valence-electron chi connectivity index (χ1n) is 4.85. The summed E-state index contributed by atoms with van der Waals surface area (Å²) in [6.07, 6.45) is 6.20. The van der Waals surface area contributed by atoms with E-state index in [9.17, 15) is 4.79 Å². The smallest absolute Gasteiger partial charge is 0.267 e. The molecule has 0 fully saturated rings. The van der Waals surface area contributed by atoms with Crippen LogP contribution in [0.2, 0.25) is 0 Å². The molecule has 0 aromatic carbocycles. The van der Waals surface area contributed by atoms with E-state index in [1.165, 1.54) is 4.68 Å². The fraction of sp³-hybridized carbons (Fsp3) is 0.300. The molecule has 6 heteroatoms. The first-order valence-corrected chi connectivity index (χ1v) is 5.93. The number of aryl methyl sites for hydroxylation is 3. The van der Waals surface area contributed by atoms with E-state index in [1.807, 2.05) is 13.2 Å². The molecule has 2 rings (SSSR count). The van der Waals surface area contributed by atoms with Crippen LogP contribution in [0.3, 0.4) is 0 Å². The van der Waals surface area contributed by atoms with Crippen LogP contribution in [0, 0.1) is 3.57 Å². The van der Waals surface area contributed by atoms with Crippen molar-refractivity contribution in [1.82, 2.24) is 19.6 Å². The third-order valence-corrected chi connectivity index (χ3v) is 2.80. The molecule has 0 N–H and O–H groups in total. The molecular formula is C10H11IN4O. The zero-order valence-electron chi connectivity index (χ0n) is 8.80. The number of aromatic nitrogens is 4. The van der Waals surface area contributed by atoms with Crippen molar-refractivity contribution in [3.63, 3.8) is 0 Å². The molecule has 0 amide bonds. The Hall–Kier alpha value is -1.18. The van der Waals surface area contributed by atoms with Gasteiger partial charge >= 0.3 is 0 Å². The summed E-state index contributed by atoms with van der Waals surface area (Å²) in [6.45, 7) is 0.585. The standard InChI is InChI=1S/C10H11IN4O/c1-14-7-8(5-12-14)2-3-15-10(16)4-9(11)6-13-15/h4-7H,2-3H2,1H3. The Morgan fingerprint density at radius 3 is 2.81 bits per heavy atom. The number of nitrogens with zero attached hydrogens (tertiary/aromatic N) is 4. The summed E-state index contributed by atoms with van der Waals surface area (Å²) >= 11 is 2.08. The zero-order valence-corrected chi connectivity index (χ0v) is 11.0. The molecule has 2 aromatic rings.